The molecule has 11 heteroatoms. The van der Waals surface area contributed by atoms with E-state index in [9.17, 15) is 34.5 Å². The molecule has 0 radical (unpaired) electrons. The van der Waals surface area contributed by atoms with Gasteiger partial charge in [-0.15, -0.1) is 0 Å². The molecule has 3 aliphatic heterocycles. The van der Waals surface area contributed by atoms with Crippen molar-refractivity contribution in [2.75, 3.05) is 13.7 Å². The van der Waals surface area contributed by atoms with E-state index in [-0.39, 0.29) is 61.6 Å². The summed E-state index contributed by atoms with van der Waals surface area (Å²) in [5.74, 6) is -5.83. The van der Waals surface area contributed by atoms with Gasteiger partial charge in [-0.2, -0.15) is 0 Å². The normalized spacial score (nSPS) is 40.2. The number of esters is 1. The van der Waals surface area contributed by atoms with Gasteiger partial charge in [0.15, 0.2) is 0 Å². The molecule has 0 spiro atoms. The van der Waals surface area contributed by atoms with Gasteiger partial charge in [0.25, 0.3) is 11.7 Å². The lowest BCUT2D eigenvalue weighted by molar-refractivity contribution is -0.265. The highest BCUT2D eigenvalue weighted by Crippen LogP contribution is 2.37. The van der Waals surface area contributed by atoms with Gasteiger partial charge in [-0.3, -0.25) is 14.4 Å². The number of ketones is 2. The van der Waals surface area contributed by atoms with Crippen molar-refractivity contribution in [3.63, 3.8) is 0 Å². The highest BCUT2D eigenvalue weighted by Gasteiger charge is 2.53. The molecule has 10 atom stereocenters. The minimum Gasteiger partial charge on any atom is -0.460 e. The van der Waals surface area contributed by atoms with Crippen LogP contribution in [-0.2, 0) is 33.4 Å². The monoisotopic (exact) mass is 757 g/mol. The van der Waals surface area contributed by atoms with Crippen LogP contribution in [0.5, 0.6) is 0 Å². The molecule has 3 fully saturated rings. The number of aliphatic hydroxyl groups is 3. The molecule has 1 saturated carbocycles. The zero-order valence-electron chi connectivity index (χ0n) is 33.5. The molecule has 4 rings (SSSR count). The Balaban J connectivity index is 1.63. The van der Waals surface area contributed by atoms with Gasteiger partial charge in [0.05, 0.1) is 24.4 Å². The van der Waals surface area contributed by atoms with Crippen LogP contribution in [0, 0.1) is 29.6 Å². The molecule has 4 aliphatic rings. The van der Waals surface area contributed by atoms with Crippen LogP contribution in [0.25, 0.3) is 0 Å². The Labute approximate surface area is 322 Å². The molecular weight excluding hydrogens is 690 g/mol. The number of Topliss-reactive ketones (excluding diaryl/α,β-unsaturated/α-hetero) is 2. The molecule has 2 saturated heterocycles. The molecule has 0 aromatic rings. The Kier molecular flexibility index (Phi) is 16.7. The van der Waals surface area contributed by atoms with Crippen molar-refractivity contribution in [2.24, 2.45) is 29.6 Å². The van der Waals surface area contributed by atoms with Crippen molar-refractivity contribution >= 4 is 23.4 Å². The van der Waals surface area contributed by atoms with Crippen molar-refractivity contribution in [3.05, 3.63) is 36.0 Å². The first-order chi connectivity index (χ1) is 25.6. The SMILES string of the molecule is CO[C@H]1C[C@@H]2CC[C@@H](C)C(O)(O2)C(=O)C(=O)N2CCCCC2C(=O)OC([C@H](C)C[C@H]2CC[C@H](O)CC2)CC(O)CC(=O)[C@H](C)C[C@H](C)/C=C/C=C/C=C/1C. The molecule has 0 aromatic carbocycles. The van der Waals surface area contributed by atoms with Crippen LogP contribution in [0.4, 0.5) is 0 Å². The quantitative estimate of drug-likeness (QED) is 0.237. The third-order valence-electron chi connectivity index (χ3n) is 12.4. The number of methoxy groups -OCH3 is 1. The highest BCUT2D eigenvalue weighted by atomic mass is 16.6. The van der Waals surface area contributed by atoms with Crippen LogP contribution >= 0.6 is 0 Å². The summed E-state index contributed by atoms with van der Waals surface area (Å²) in [5, 5.41) is 33.1. The second kappa shape index (κ2) is 20.5. The van der Waals surface area contributed by atoms with E-state index in [0.29, 0.717) is 63.7 Å². The lowest BCUT2D eigenvalue weighted by atomic mass is 9.79. The standard InChI is InChI=1S/C43H67NO10/c1-27-12-8-7-9-13-28(2)38(52-6)26-35-20-15-31(5)43(51,54-35)40(48)41(49)44-21-11-10-14-36(44)42(50)53-39(25-34(46)24-37(47)29(3)22-27)30(4)23-32-16-18-33(45)19-17-32/h7-9,12-13,27,29-36,38-39,45-46,51H,10-11,14-26H2,1-6H3/b9-7+,12-8+,28-13+/t27-,29-,30-,31-,32-,33-,34?,35+,36?,38+,39?,43?/m1/s1. The highest BCUT2D eigenvalue weighted by molar-refractivity contribution is 6.39. The second-order valence-corrected chi connectivity index (χ2v) is 16.9. The number of allylic oxidation sites excluding steroid dienone is 5. The first-order valence-electron chi connectivity index (χ1n) is 20.5. The Morgan fingerprint density at radius 2 is 1.63 bits per heavy atom. The molecule has 1 amide bonds. The van der Waals surface area contributed by atoms with Crippen molar-refractivity contribution < 1.29 is 48.7 Å². The average molecular weight is 758 g/mol. The summed E-state index contributed by atoms with van der Waals surface area (Å²) in [6, 6.07) is -1.05. The maximum absolute atomic E-state index is 14.1. The fourth-order valence-electron chi connectivity index (χ4n) is 8.78. The van der Waals surface area contributed by atoms with Gasteiger partial charge >= 0.3 is 5.97 Å². The van der Waals surface area contributed by atoms with E-state index in [1.54, 1.807) is 14.0 Å². The molecule has 54 heavy (non-hydrogen) atoms. The first-order valence-corrected chi connectivity index (χ1v) is 20.5. The second-order valence-electron chi connectivity index (χ2n) is 16.9. The topological polar surface area (TPSA) is 160 Å². The minimum atomic E-state index is -2.37. The molecular formula is C43H67NO10. The van der Waals surface area contributed by atoms with E-state index >= 15 is 0 Å². The summed E-state index contributed by atoms with van der Waals surface area (Å²) in [6.45, 7) is 9.68. The third-order valence-corrected chi connectivity index (χ3v) is 12.4. The van der Waals surface area contributed by atoms with Crippen LogP contribution in [0.2, 0.25) is 0 Å². The summed E-state index contributed by atoms with van der Waals surface area (Å²) in [6.07, 6.45) is 14.1. The number of hydrogen-bond acceptors (Lipinski definition) is 10. The van der Waals surface area contributed by atoms with E-state index in [2.05, 4.69) is 6.92 Å². The predicted molar refractivity (Wildman–Crippen MR) is 205 cm³/mol. The number of hydrogen-bond donors (Lipinski definition) is 3. The lowest BCUT2D eigenvalue weighted by Crippen LogP contribution is -2.61. The number of carbonyl (C=O) groups excluding carboxylic acids is 4. The number of cyclic esters (lactones) is 1. The van der Waals surface area contributed by atoms with Crippen LogP contribution < -0.4 is 0 Å². The van der Waals surface area contributed by atoms with Crippen LogP contribution in [0.15, 0.2) is 36.0 Å². The van der Waals surface area contributed by atoms with Gasteiger partial charge in [0.1, 0.15) is 17.9 Å². The summed E-state index contributed by atoms with van der Waals surface area (Å²) >= 11 is 0. The Morgan fingerprint density at radius 1 is 0.907 bits per heavy atom. The van der Waals surface area contributed by atoms with Crippen molar-refractivity contribution in [3.8, 4) is 0 Å². The van der Waals surface area contributed by atoms with E-state index in [1.807, 2.05) is 51.2 Å². The summed E-state index contributed by atoms with van der Waals surface area (Å²) in [5.41, 5.74) is 0.923. The molecule has 4 unspecified atom stereocenters. The fourth-order valence-corrected chi connectivity index (χ4v) is 8.78. The predicted octanol–water partition coefficient (Wildman–Crippen LogP) is 5.78. The Morgan fingerprint density at radius 3 is 2.33 bits per heavy atom. The molecule has 0 aromatic heterocycles. The van der Waals surface area contributed by atoms with Crippen molar-refractivity contribution in [1.29, 1.82) is 0 Å². The summed E-state index contributed by atoms with van der Waals surface area (Å²) in [4.78, 5) is 56.6. The number of piperidine rings is 1. The van der Waals surface area contributed by atoms with Crippen LogP contribution in [0.3, 0.4) is 0 Å². The first kappa shape index (κ1) is 44.0. The number of aliphatic hydroxyl groups excluding tert-OH is 2. The third kappa shape index (κ3) is 11.9. The van der Waals surface area contributed by atoms with E-state index in [0.717, 1.165) is 18.4 Å². The largest absolute Gasteiger partial charge is 0.460 e. The fraction of sp³-hybridized carbons (Fsp3) is 0.767. The van der Waals surface area contributed by atoms with E-state index in [4.69, 9.17) is 14.2 Å². The zero-order chi connectivity index (χ0) is 39.6. The lowest BCUT2D eigenvalue weighted by Gasteiger charge is -2.42. The number of ether oxygens (including phenoxy) is 3. The van der Waals surface area contributed by atoms with Gasteiger partial charge in [-0.05, 0) is 101 Å². The van der Waals surface area contributed by atoms with Crippen LogP contribution in [-0.4, -0.2) is 99.7 Å². The van der Waals surface area contributed by atoms with Crippen LogP contribution in [0.1, 0.15) is 125 Å². The van der Waals surface area contributed by atoms with Crippen molar-refractivity contribution in [2.45, 2.75) is 167 Å². The van der Waals surface area contributed by atoms with Gasteiger partial charge in [0, 0.05) is 44.8 Å². The number of fused-ring (bicyclic) bond motifs is 3. The van der Waals surface area contributed by atoms with Gasteiger partial charge in [-0.25, -0.2) is 4.79 Å². The Bertz CT molecular complexity index is 1370. The summed E-state index contributed by atoms with van der Waals surface area (Å²) < 4.78 is 18.1. The Hall–Kier alpha value is -2.70. The van der Waals surface area contributed by atoms with Gasteiger partial charge < -0.3 is 34.4 Å². The molecule has 3 N–H and O–H groups in total. The molecule has 1 aliphatic carbocycles. The minimum absolute atomic E-state index is 0.0580. The average Bonchev–Trinajstić information content (AvgIpc) is 3.14. The molecule has 2 bridgehead atoms. The maximum Gasteiger partial charge on any atom is 0.329 e. The summed E-state index contributed by atoms with van der Waals surface area (Å²) in [7, 11) is 1.60. The molecule has 11 nitrogen and oxygen atoms in total. The van der Waals surface area contributed by atoms with E-state index in [1.165, 1.54) is 4.90 Å². The number of rotatable bonds is 4. The van der Waals surface area contributed by atoms with Crippen molar-refractivity contribution in [1.82, 2.24) is 4.90 Å². The molecule has 3 heterocycles. The van der Waals surface area contributed by atoms with Gasteiger partial charge in [0.2, 0.25) is 5.79 Å². The van der Waals surface area contributed by atoms with Gasteiger partial charge in [-0.1, -0.05) is 58.1 Å². The number of amides is 1. The number of carbonyl (C=O) groups is 4. The van der Waals surface area contributed by atoms with E-state index < -0.39 is 53.7 Å². The molecule has 304 valence electrons. The smallest absolute Gasteiger partial charge is 0.329 e. The zero-order valence-corrected chi connectivity index (χ0v) is 33.5. The maximum atomic E-state index is 14.1. The number of nitrogens with zero attached hydrogens (tertiary/aromatic N) is 1.